The fourth-order valence-electron chi connectivity index (χ4n) is 2.71. The molecule has 0 atom stereocenters. The summed E-state index contributed by atoms with van der Waals surface area (Å²) in [7, 11) is 2.03. The number of nitrogens with one attached hydrogen (secondary N) is 1. The number of hydrogen-bond acceptors (Lipinski definition) is 5. The molecule has 5 nitrogen and oxygen atoms in total. The molecule has 18 heavy (non-hydrogen) atoms. The number of pyridine rings is 1. The Morgan fingerprint density at radius 1 is 1.50 bits per heavy atom. The van der Waals surface area contributed by atoms with Crippen molar-refractivity contribution >= 4 is 5.82 Å². The Kier molecular flexibility index (Phi) is 4.16. The highest BCUT2D eigenvalue weighted by molar-refractivity contribution is 5.35. The number of nitrogen functional groups attached to an aromatic ring is 1. The summed E-state index contributed by atoms with van der Waals surface area (Å²) in [5.74, 6) is 6.00. The van der Waals surface area contributed by atoms with E-state index in [0.29, 0.717) is 5.82 Å². The van der Waals surface area contributed by atoms with Crippen LogP contribution in [-0.4, -0.2) is 34.2 Å². The molecule has 2 rings (SSSR count). The molecule has 1 aliphatic rings. The van der Waals surface area contributed by atoms with Crippen LogP contribution in [0.25, 0.3) is 0 Å². The van der Waals surface area contributed by atoms with Crippen molar-refractivity contribution in [2.24, 2.45) is 5.84 Å². The van der Waals surface area contributed by atoms with E-state index >= 15 is 0 Å². The maximum Gasteiger partial charge on any atom is 0.140 e. The molecule has 1 heterocycles. The topological polar surface area (TPSA) is 74.4 Å². The van der Waals surface area contributed by atoms with Gasteiger partial charge in [0.25, 0.3) is 0 Å². The lowest BCUT2D eigenvalue weighted by Gasteiger charge is -2.28. The van der Waals surface area contributed by atoms with Crippen molar-refractivity contribution < 1.29 is 5.11 Å². The normalized spacial score (nSPS) is 18.2. The number of hydrazine groups is 1. The van der Waals surface area contributed by atoms with Gasteiger partial charge >= 0.3 is 0 Å². The number of nitrogens with two attached hydrogens (primary N) is 1. The molecule has 0 radical (unpaired) electrons. The molecule has 0 spiro atoms. The number of nitrogens with zero attached hydrogens (tertiary/aromatic N) is 2. The van der Waals surface area contributed by atoms with Gasteiger partial charge in [-0.15, -0.1) is 0 Å². The van der Waals surface area contributed by atoms with Gasteiger partial charge in [-0.1, -0.05) is 12.8 Å². The van der Waals surface area contributed by atoms with Gasteiger partial charge in [0.15, 0.2) is 0 Å². The van der Waals surface area contributed by atoms with Crippen LogP contribution in [0.2, 0.25) is 0 Å². The Balaban J connectivity index is 1.91. The molecule has 1 saturated carbocycles. The lowest BCUT2D eigenvalue weighted by atomic mass is 10.0. The van der Waals surface area contributed by atoms with Crippen molar-refractivity contribution in [3.05, 3.63) is 23.9 Å². The highest BCUT2D eigenvalue weighted by Crippen LogP contribution is 2.30. The molecule has 100 valence electrons. The molecule has 4 N–H and O–H groups in total. The highest BCUT2D eigenvalue weighted by Gasteiger charge is 2.31. The second kappa shape index (κ2) is 5.65. The van der Waals surface area contributed by atoms with Crippen molar-refractivity contribution in [1.82, 2.24) is 9.88 Å². The zero-order valence-electron chi connectivity index (χ0n) is 10.9. The van der Waals surface area contributed by atoms with Gasteiger partial charge in [0.1, 0.15) is 5.82 Å². The monoisotopic (exact) mass is 250 g/mol. The summed E-state index contributed by atoms with van der Waals surface area (Å²) in [4.78, 5) is 6.23. The van der Waals surface area contributed by atoms with Gasteiger partial charge in [0.2, 0.25) is 0 Å². The Labute approximate surface area is 108 Å². The first-order valence-corrected chi connectivity index (χ1v) is 6.44. The average Bonchev–Trinajstić information content (AvgIpc) is 2.75. The van der Waals surface area contributed by atoms with Crippen molar-refractivity contribution in [3.63, 3.8) is 0 Å². The van der Waals surface area contributed by atoms with Gasteiger partial charge in [-0.25, -0.2) is 10.8 Å². The first kappa shape index (κ1) is 13.3. The molecule has 1 aromatic heterocycles. The maximum atomic E-state index is 10.4. The Bertz CT molecular complexity index is 390. The summed E-state index contributed by atoms with van der Waals surface area (Å²) in [6.07, 6.45) is 5.86. The minimum Gasteiger partial charge on any atom is -0.389 e. The number of rotatable bonds is 5. The van der Waals surface area contributed by atoms with E-state index < -0.39 is 5.60 Å². The Morgan fingerprint density at radius 3 is 2.89 bits per heavy atom. The summed E-state index contributed by atoms with van der Waals surface area (Å²) in [6, 6.07) is 3.89. The lowest BCUT2D eigenvalue weighted by molar-refractivity contribution is 0.0145. The second-order valence-electron chi connectivity index (χ2n) is 5.30. The van der Waals surface area contributed by atoms with Gasteiger partial charge in [0.05, 0.1) is 5.60 Å². The van der Waals surface area contributed by atoms with E-state index in [-0.39, 0.29) is 0 Å². The molecule has 1 aromatic rings. The molecule has 1 fully saturated rings. The Morgan fingerprint density at radius 2 is 2.22 bits per heavy atom. The molecule has 0 saturated heterocycles. The summed E-state index contributed by atoms with van der Waals surface area (Å²) >= 11 is 0. The number of hydrogen-bond donors (Lipinski definition) is 3. The number of anilines is 1. The van der Waals surface area contributed by atoms with Gasteiger partial charge < -0.3 is 10.5 Å². The van der Waals surface area contributed by atoms with Crippen molar-refractivity contribution in [1.29, 1.82) is 0 Å². The Hall–Kier alpha value is -1.17. The minimum absolute atomic E-state index is 0.489. The van der Waals surface area contributed by atoms with Crippen LogP contribution in [0.3, 0.4) is 0 Å². The first-order chi connectivity index (χ1) is 8.61. The molecule has 0 aliphatic heterocycles. The van der Waals surface area contributed by atoms with Gasteiger partial charge in [-0.05, 0) is 37.6 Å². The first-order valence-electron chi connectivity index (χ1n) is 6.44. The van der Waals surface area contributed by atoms with E-state index in [0.717, 1.165) is 44.3 Å². The predicted octanol–water partition coefficient (Wildman–Crippen LogP) is 1.10. The van der Waals surface area contributed by atoms with Crippen molar-refractivity contribution in [3.8, 4) is 0 Å². The highest BCUT2D eigenvalue weighted by atomic mass is 16.3. The van der Waals surface area contributed by atoms with Gasteiger partial charge in [-0.2, -0.15) is 0 Å². The zero-order valence-corrected chi connectivity index (χ0v) is 10.9. The smallest absolute Gasteiger partial charge is 0.140 e. The van der Waals surface area contributed by atoms with Crippen LogP contribution in [0, 0.1) is 0 Å². The molecular weight excluding hydrogens is 228 g/mol. The van der Waals surface area contributed by atoms with Crippen LogP contribution in [-0.2, 0) is 6.54 Å². The third-order valence-electron chi connectivity index (χ3n) is 3.52. The summed E-state index contributed by atoms with van der Waals surface area (Å²) in [5.41, 5.74) is 3.19. The third-order valence-corrected chi connectivity index (χ3v) is 3.52. The van der Waals surface area contributed by atoms with E-state index in [1.807, 2.05) is 19.2 Å². The van der Waals surface area contributed by atoms with E-state index in [2.05, 4.69) is 15.3 Å². The SMILES string of the molecule is CN(Cc1ccnc(NN)c1)CC1(O)CCCC1. The number of aromatic nitrogens is 1. The predicted molar refractivity (Wildman–Crippen MR) is 71.8 cm³/mol. The van der Waals surface area contributed by atoms with Gasteiger partial charge in [-0.3, -0.25) is 4.90 Å². The van der Waals surface area contributed by atoms with Crippen LogP contribution in [0.15, 0.2) is 18.3 Å². The van der Waals surface area contributed by atoms with E-state index in [9.17, 15) is 5.11 Å². The van der Waals surface area contributed by atoms with Crippen LogP contribution in [0.4, 0.5) is 5.82 Å². The molecular formula is C13H22N4O. The fraction of sp³-hybridized carbons (Fsp3) is 0.615. The molecule has 0 aromatic carbocycles. The van der Waals surface area contributed by atoms with Crippen LogP contribution in [0.5, 0.6) is 0 Å². The average molecular weight is 250 g/mol. The van der Waals surface area contributed by atoms with Crippen LogP contribution in [0.1, 0.15) is 31.2 Å². The molecule has 0 unspecified atom stereocenters. The standard InChI is InChI=1S/C13H22N4O/c1-17(10-13(18)5-2-3-6-13)9-11-4-7-15-12(8-11)16-14/h4,7-8,18H,2-3,5-6,9-10,14H2,1H3,(H,15,16). The minimum atomic E-state index is -0.489. The number of aliphatic hydroxyl groups is 1. The molecule has 5 heteroatoms. The zero-order chi connectivity index (χ0) is 13.0. The van der Waals surface area contributed by atoms with E-state index in [1.54, 1.807) is 6.20 Å². The fourth-order valence-corrected chi connectivity index (χ4v) is 2.71. The van der Waals surface area contributed by atoms with Crippen LogP contribution < -0.4 is 11.3 Å². The van der Waals surface area contributed by atoms with E-state index in [4.69, 9.17) is 5.84 Å². The molecule has 0 amide bonds. The van der Waals surface area contributed by atoms with Crippen LogP contribution >= 0.6 is 0 Å². The maximum absolute atomic E-state index is 10.4. The lowest BCUT2D eigenvalue weighted by Crippen LogP contribution is -2.38. The second-order valence-corrected chi connectivity index (χ2v) is 5.30. The van der Waals surface area contributed by atoms with E-state index in [1.165, 1.54) is 0 Å². The van der Waals surface area contributed by atoms with Crippen molar-refractivity contribution in [2.45, 2.75) is 37.8 Å². The molecule has 0 bridgehead atoms. The number of likely N-dealkylation sites (N-methyl/N-ethyl adjacent to an activating group) is 1. The largest absolute Gasteiger partial charge is 0.389 e. The third kappa shape index (κ3) is 3.41. The summed E-state index contributed by atoms with van der Waals surface area (Å²) in [6.45, 7) is 1.51. The summed E-state index contributed by atoms with van der Waals surface area (Å²) < 4.78 is 0. The quantitative estimate of drug-likeness (QED) is 0.539. The molecule has 1 aliphatic carbocycles. The van der Waals surface area contributed by atoms with Crippen molar-refractivity contribution in [2.75, 3.05) is 19.0 Å². The van der Waals surface area contributed by atoms with Gasteiger partial charge in [0, 0.05) is 19.3 Å². The summed E-state index contributed by atoms with van der Waals surface area (Å²) in [5, 5.41) is 10.4.